The lowest BCUT2D eigenvalue weighted by atomic mass is 9.79. The number of benzene rings is 8. The highest BCUT2D eigenvalue weighted by atomic mass is 16.3. The lowest BCUT2D eigenvalue weighted by Crippen LogP contribution is -2.18. The molecule has 2 aliphatic rings. The van der Waals surface area contributed by atoms with E-state index in [2.05, 4.69) is 186 Å². The van der Waals surface area contributed by atoms with Crippen molar-refractivity contribution in [3.8, 4) is 22.3 Å². The van der Waals surface area contributed by atoms with Gasteiger partial charge in [0.2, 0.25) is 0 Å². The Hall–Kier alpha value is -6.12. The summed E-state index contributed by atoms with van der Waals surface area (Å²) >= 11 is 0. The van der Waals surface area contributed by atoms with Gasteiger partial charge in [0.15, 0.2) is 5.58 Å². The van der Waals surface area contributed by atoms with Gasteiger partial charge in [-0.25, -0.2) is 0 Å². The maximum atomic E-state index is 6.75. The number of nitrogens with zero attached hydrogens (tertiary/aromatic N) is 1. The van der Waals surface area contributed by atoms with Crippen molar-refractivity contribution in [3.63, 3.8) is 0 Å². The zero-order chi connectivity index (χ0) is 36.7. The molecule has 0 aliphatic heterocycles. The van der Waals surface area contributed by atoms with Crippen molar-refractivity contribution in [3.05, 3.63) is 173 Å². The lowest BCUT2D eigenvalue weighted by Gasteiger charge is -2.30. The molecular weight excluding hydrogens is 655 g/mol. The van der Waals surface area contributed by atoms with Crippen LogP contribution >= 0.6 is 0 Å². The van der Waals surface area contributed by atoms with Crippen LogP contribution in [0.5, 0.6) is 0 Å². The predicted octanol–water partition coefficient (Wildman–Crippen LogP) is 14.6. The van der Waals surface area contributed by atoms with Crippen molar-refractivity contribution in [2.45, 2.75) is 52.4 Å². The van der Waals surface area contributed by atoms with Gasteiger partial charge < -0.3 is 9.32 Å². The molecule has 0 amide bonds. The first-order valence-corrected chi connectivity index (χ1v) is 19.2. The molecule has 54 heavy (non-hydrogen) atoms. The van der Waals surface area contributed by atoms with Crippen LogP contribution < -0.4 is 4.90 Å². The molecule has 0 atom stereocenters. The summed E-state index contributed by atoms with van der Waals surface area (Å²) in [6, 6.07) is 52.0. The SMILES string of the molecule is Cc1cc(C)cc(N(c2cc3c(c4ccccc24)-c2cc4c(cc2C3(C)C)-c2c(ccc3ccccc23)C4(C)C)c2cccc3c2oc2ccccc23)c1. The highest BCUT2D eigenvalue weighted by molar-refractivity contribution is 6.14. The Morgan fingerprint density at radius 2 is 1.04 bits per heavy atom. The Labute approximate surface area is 316 Å². The monoisotopic (exact) mass is 695 g/mol. The summed E-state index contributed by atoms with van der Waals surface area (Å²) in [7, 11) is 0. The molecule has 0 unspecified atom stereocenters. The number of rotatable bonds is 3. The summed E-state index contributed by atoms with van der Waals surface area (Å²) in [4.78, 5) is 2.46. The lowest BCUT2D eigenvalue weighted by molar-refractivity contribution is 0.652. The molecule has 11 rings (SSSR count). The number of anilines is 3. The van der Waals surface area contributed by atoms with E-state index in [1.165, 1.54) is 77.2 Å². The van der Waals surface area contributed by atoms with Crippen LogP contribution in [0.4, 0.5) is 17.1 Å². The normalized spacial score (nSPS) is 14.8. The first-order valence-electron chi connectivity index (χ1n) is 19.2. The fraction of sp³-hybridized carbons (Fsp3) is 0.154. The zero-order valence-corrected chi connectivity index (χ0v) is 31.6. The van der Waals surface area contributed by atoms with E-state index in [0.717, 1.165) is 39.0 Å². The van der Waals surface area contributed by atoms with Crippen molar-refractivity contribution >= 4 is 60.5 Å². The van der Waals surface area contributed by atoms with Crippen molar-refractivity contribution in [2.75, 3.05) is 4.90 Å². The van der Waals surface area contributed by atoms with Crippen LogP contribution in [0.1, 0.15) is 61.1 Å². The molecule has 1 aromatic heterocycles. The Balaban J connectivity index is 1.21. The third-order valence-corrected chi connectivity index (χ3v) is 12.7. The second-order valence-electron chi connectivity index (χ2n) is 16.7. The molecule has 2 aliphatic carbocycles. The highest BCUT2D eigenvalue weighted by Gasteiger charge is 2.43. The van der Waals surface area contributed by atoms with Crippen molar-refractivity contribution in [2.24, 2.45) is 0 Å². The van der Waals surface area contributed by atoms with E-state index >= 15 is 0 Å². The minimum atomic E-state index is -0.241. The van der Waals surface area contributed by atoms with Crippen LogP contribution in [0, 0.1) is 13.8 Å². The van der Waals surface area contributed by atoms with Crippen LogP contribution in [0.15, 0.2) is 144 Å². The van der Waals surface area contributed by atoms with Gasteiger partial charge >= 0.3 is 0 Å². The van der Waals surface area contributed by atoms with E-state index < -0.39 is 0 Å². The first kappa shape index (κ1) is 31.4. The molecule has 0 fully saturated rings. The van der Waals surface area contributed by atoms with Crippen molar-refractivity contribution < 1.29 is 4.42 Å². The Bertz CT molecular complexity index is 3060. The van der Waals surface area contributed by atoms with Crippen molar-refractivity contribution in [1.82, 2.24) is 0 Å². The van der Waals surface area contributed by atoms with E-state index in [0.29, 0.717) is 0 Å². The maximum Gasteiger partial charge on any atom is 0.159 e. The van der Waals surface area contributed by atoms with Crippen LogP contribution in [0.3, 0.4) is 0 Å². The Morgan fingerprint density at radius 3 is 1.78 bits per heavy atom. The van der Waals surface area contributed by atoms with Crippen LogP contribution in [-0.2, 0) is 10.8 Å². The molecule has 8 aromatic carbocycles. The van der Waals surface area contributed by atoms with Gasteiger partial charge in [0, 0.05) is 32.7 Å². The summed E-state index contributed by atoms with van der Waals surface area (Å²) in [5.74, 6) is 0. The van der Waals surface area contributed by atoms with Crippen LogP contribution in [0.25, 0.3) is 65.7 Å². The van der Waals surface area contributed by atoms with Crippen molar-refractivity contribution in [1.29, 1.82) is 0 Å². The average molecular weight is 696 g/mol. The molecule has 2 nitrogen and oxygen atoms in total. The topological polar surface area (TPSA) is 16.4 Å². The van der Waals surface area contributed by atoms with Gasteiger partial charge in [-0.3, -0.25) is 0 Å². The first-order chi connectivity index (χ1) is 26.1. The number of hydrogen-bond donors (Lipinski definition) is 0. The van der Waals surface area contributed by atoms with Gasteiger partial charge in [-0.1, -0.05) is 125 Å². The summed E-state index contributed by atoms with van der Waals surface area (Å²) in [6.45, 7) is 14.0. The Morgan fingerprint density at radius 1 is 0.444 bits per heavy atom. The molecule has 0 saturated carbocycles. The van der Waals surface area contributed by atoms with Gasteiger partial charge in [0.05, 0.1) is 11.4 Å². The number of fused-ring (bicyclic) bond motifs is 13. The number of aryl methyl sites for hydroxylation is 2. The van der Waals surface area contributed by atoms with Gasteiger partial charge in [-0.2, -0.15) is 0 Å². The molecule has 0 bridgehead atoms. The quantitative estimate of drug-likeness (QED) is 0.183. The molecule has 1 heterocycles. The summed E-state index contributed by atoms with van der Waals surface area (Å²) in [5, 5.41) is 7.40. The second kappa shape index (κ2) is 10.7. The van der Waals surface area contributed by atoms with E-state index in [9.17, 15) is 0 Å². The molecule has 9 aromatic rings. The van der Waals surface area contributed by atoms with Gasteiger partial charge in [0.25, 0.3) is 0 Å². The third kappa shape index (κ3) is 4.11. The molecule has 0 spiro atoms. The summed E-state index contributed by atoms with van der Waals surface area (Å²) in [6.07, 6.45) is 0. The standard InChI is InChI=1S/C52H41NO/c1-30-24-31(2)26-33(25-30)53(45-20-13-19-38-36-17-11-12-21-47(36)54-50(38)45)46-29-44-49(37-18-10-9-16-35(37)46)40-28-42-39(27-43(40)52(44,5)6)48-34-15-8-7-14-32(34)22-23-41(48)51(42,3)4/h7-29H,1-6H3. The molecule has 2 heteroatoms. The van der Waals surface area contributed by atoms with E-state index in [1.54, 1.807) is 0 Å². The van der Waals surface area contributed by atoms with Gasteiger partial charge in [-0.05, 0) is 128 Å². The fourth-order valence-corrected chi connectivity index (χ4v) is 10.1. The molecule has 0 N–H and O–H groups in total. The molecule has 0 radical (unpaired) electrons. The zero-order valence-electron chi connectivity index (χ0n) is 31.6. The van der Waals surface area contributed by atoms with E-state index in [1.807, 2.05) is 0 Å². The number of furan rings is 1. The minimum absolute atomic E-state index is 0.114. The fourth-order valence-electron chi connectivity index (χ4n) is 10.1. The largest absolute Gasteiger partial charge is 0.454 e. The van der Waals surface area contributed by atoms with Crippen LogP contribution in [-0.4, -0.2) is 0 Å². The molecule has 0 saturated heterocycles. The summed E-state index contributed by atoms with van der Waals surface area (Å²) < 4.78 is 6.75. The van der Waals surface area contributed by atoms with Crippen LogP contribution in [0.2, 0.25) is 0 Å². The number of para-hydroxylation sites is 2. The van der Waals surface area contributed by atoms with E-state index in [4.69, 9.17) is 4.42 Å². The average Bonchev–Trinajstić information content (AvgIpc) is 3.74. The molecule has 260 valence electrons. The summed E-state index contributed by atoms with van der Waals surface area (Å²) in [5.41, 5.74) is 18.3. The predicted molar refractivity (Wildman–Crippen MR) is 228 cm³/mol. The smallest absolute Gasteiger partial charge is 0.159 e. The molecular formula is C52H41NO. The Kier molecular flexibility index (Phi) is 6.24. The highest BCUT2D eigenvalue weighted by Crippen LogP contribution is 2.60. The third-order valence-electron chi connectivity index (χ3n) is 12.7. The minimum Gasteiger partial charge on any atom is -0.454 e. The maximum absolute atomic E-state index is 6.75. The van der Waals surface area contributed by atoms with Gasteiger partial charge in [0.1, 0.15) is 5.58 Å². The van der Waals surface area contributed by atoms with Gasteiger partial charge in [-0.15, -0.1) is 0 Å². The second-order valence-corrected chi connectivity index (χ2v) is 16.7. The van der Waals surface area contributed by atoms with E-state index in [-0.39, 0.29) is 10.8 Å². The number of hydrogen-bond acceptors (Lipinski definition) is 2.